The Kier molecular flexibility index (Phi) is 6.15. The number of halogens is 1. The van der Waals surface area contributed by atoms with Gasteiger partial charge in [-0.2, -0.15) is 0 Å². The number of methoxy groups -OCH3 is 2. The van der Waals surface area contributed by atoms with E-state index in [0.717, 1.165) is 15.9 Å². The Balaban J connectivity index is 2.69. The largest absolute Gasteiger partial charge is 0.496 e. The SMILES string of the molecule is COC(=O)C(CNc1ccc(OC)c(Br)c1)C(C)C. The van der Waals surface area contributed by atoms with Crippen molar-refractivity contribution in [1.29, 1.82) is 0 Å². The first-order chi connectivity index (χ1) is 8.99. The monoisotopic (exact) mass is 329 g/mol. The minimum absolute atomic E-state index is 0.161. The van der Waals surface area contributed by atoms with Crippen molar-refractivity contribution < 1.29 is 14.3 Å². The standard InChI is InChI=1S/C14H20BrNO3/c1-9(2)11(14(17)19-4)8-16-10-5-6-13(18-3)12(15)7-10/h5-7,9,11,16H,8H2,1-4H3. The van der Waals surface area contributed by atoms with Gasteiger partial charge < -0.3 is 14.8 Å². The van der Waals surface area contributed by atoms with Crippen LogP contribution in [0.5, 0.6) is 5.75 Å². The highest BCUT2D eigenvalue weighted by Crippen LogP contribution is 2.28. The Hall–Kier alpha value is -1.23. The number of ether oxygens (including phenoxy) is 2. The summed E-state index contributed by atoms with van der Waals surface area (Å²) in [6, 6.07) is 5.71. The van der Waals surface area contributed by atoms with Gasteiger partial charge in [0.15, 0.2) is 0 Å². The van der Waals surface area contributed by atoms with E-state index in [0.29, 0.717) is 6.54 Å². The molecule has 1 unspecified atom stereocenters. The fourth-order valence-electron chi connectivity index (χ4n) is 1.75. The van der Waals surface area contributed by atoms with Crippen LogP contribution in [0.25, 0.3) is 0 Å². The number of carbonyl (C=O) groups excluding carboxylic acids is 1. The lowest BCUT2D eigenvalue weighted by atomic mass is 9.96. The molecule has 5 heteroatoms. The number of benzene rings is 1. The van der Waals surface area contributed by atoms with Gasteiger partial charge in [0.25, 0.3) is 0 Å². The summed E-state index contributed by atoms with van der Waals surface area (Å²) >= 11 is 3.43. The summed E-state index contributed by atoms with van der Waals surface area (Å²) in [4.78, 5) is 11.7. The van der Waals surface area contributed by atoms with Gasteiger partial charge in [-0.15, -0.1) is 0 Å². The fraction of sp³-hybridized carbons (Fsp3) is 0.500. The van der Waals surface area contributed by atoms with Gasteiger partial charge in [-0.1, -0.05) is 13.8 Å². The summed E-state index contributed by atoms with van der Waals surface area (Å²) in [5, 5.41) is 3.25. The fourth-order valence-corrected chi connectivity index (χ4v) is 2.29. The molecule has 0 aromatic heterocycles. The summed E-state index contributed by atoms with van der Waals surface area (Å²) in [5.74, 6) is 0.654. The second-order valence-corrected chi connectivity index (χ2v) is 5.46. The number of anilines is 1. The summed E-state index contributed by atoms with van der Waals surface area (Å²) in [6.45, 7) is 4.56. The molecule has 1 aromatic rings. The Bertz CT molecular complexity index is 435. The van der Waals surface area contributed by atoms with Gasteiger partial charge in [0.2, 0.25) is 0 Å². The zero-order chi connectivity index (χ0) is 14.4. The molecule has 4 nitrogen and oxygen atoms in total. The maximum Gasteiger partial charge on any atom is 0.310 e. The predicted octanol–water partition coefficient (Wildman–Crippen LogP) is 3.31. The van der Waals surface area contributed by atoms with E-state index in [1.54, 1.807) is 7.11 Å². The van der Waals surface area contributed by atoms with Crippen LogP contribution >= 0.6 is 15.9 Å². The summed E-state index contributed by atoms with van der Waals surface area (Å²) < 4.78 is 10.9. The molecule has 0 amide bonds. The maximum absolute atomic E-state index is 11.7. The average molecular weight is 330 g/mol. The molecule has 0 aliphatic rings. The predicted molar refractivity (Wildman–Crippen MR) is 79.5 cm³/mol. The zero-order valence-electron chi connectivity index (χ0n) is 11.7. The Morgan fingerprint density at radius 3 is 2.53 bits per heavy atom. The molecule has 106 valence electrons. The summed E-state index contributed by atoms with van der Waals surface area (Å²) in [6.07, 6.45) is 0. The minimum Gasteiger partial charge on any atom is -0.496 e. The first-order valence-corrected chi connectivity index (χ1v) is 6.94. The van der Waals surface area contributed by atoms with Crippen LogP contribution in [0, 0.1) is 11.8 Å². The lowest BCUT2D eigenvalue weighted by Crippen LogP contribution is -2.28. The average Bonchev–Trinajstić information content (AvgIpc) is 2.38. The molecule has 0 radical (unpaired) electrons. The van der Waals surface area contributed by atoms with Crippen molar-refractivity contribution in [3.8, 4) is 5.75 Å². The Morgan fingerprint density at radius 2 is 2.05 bits per heavy atom. The molecule has 0 aliphatic carbocycles. The number of carbonyl (C=O) groups is 1. The number of hydrogen-bond donors (Lipinski definition) is 1. The van der Waals surface area contributed by atoms with Crippen LogP contribution in [-0.4, -0.2) is 26.7 Å². The molecule has 0 saturated heterocycles. The van der Waals surface area contributed by atoms with Crippen molar-refractivity contribution in [2.24, 2.45) is 11.8 Å². The van der Waals surface area contributed by atoms with Crippen molar-refractivity contribution >= 4 is 27.6 Å². The molecule has 1 N–H and O–H groups in total. The molecule has 0 aliphatic heterocycles. The van der Waals surface area contributed by atoms with E-state index < -0.39 is 0 Å². The molecule has 1 aromatic carbocycles. The number of hydrogen-bond acceptors (Lipinski definition) is 4. The van der Waals surface area contributed by atoms with Crippen molar-refractivity contribution in [2.45, 2.75) is 13.8 Å². The van der Waals surface area contributed by atoms with Crippen LogP contribution in [0.1, 0.15) is 13.8 Å². The van der Waals surface area contributed by atoms with E-state index in [4.69, 9.17) is 9.47 Å². The van der Waals surface area contributed by atoms with Crippen molar-refractivity contribution in [1.82, 2.24) is 0 Å². The smallest absolute Gasteiger partial charge is 0.310 e. The maximum atomic E-state index is 11.7. The number of nitrogens with one attached hydrogen (secondary N) is 1. The minimum atomic E-state index is -0.185. The molecule has 0 spiro atoms. The second-order valence-electron chi connectivity index (χ2n) is 4.60. The van der Waals surface area contributed by atoms with E-state index in [9.17, 15) is 4.79 Å². The van der Waals surface area contributed by atoms with Crippen molar-refractivity contribution in [3.63, 3.8) is 0 Å². The second kappa shape index (κ2) is 7.38. The third-order valence-electron chi connectivity index (χ3n) is 2.99. The lowest BCUT2D eigenvalue weighted by molar-refractivity contribution is -0.146. The first kappa shape index (κ1) is 15.8. The molecule has 0 bridgehead atoms. The molecule has 1 rings (SSSR count). The third-order valence-corrected chi connectivity index (χ3v) is 3.61. The highest BCUT2D eigenvalue weighted by atomic mass is 79.9. The third kappa shape index (κ3) is 4.42. The van der Waals surface area contributed by atoms with Crippen LogP contribution in [0.2, 0.25) is 0 Å². The van der Waals surface area contributed by atoms with E-state index >= 15 is 0 Å². The highest BCUT2D eigenvalue weighted by Gasteiger charge is 2.22. The van der Waals surface area contributed by atoms with Gasteiger partial charge in [0, 0.05) is 12.2 Å². The van der Waals surface area contributed by atoms with E-state index in [2.05, 4.69) is 21.2 Å². The molecule has 0 heterocycles. The van der Waals surface area contributed by atoms with Gasteiger partial charge in [0.05, 0.1) is 24.6 Å². The highest BCUT2D eigenvalue weighted by molar-refractivity contribution is 9.10. The van der Waals surface area contributed by atoms with Gasteiger partial charge in [-0.25, -0.2) is 0 Å². The van der Waals surface area contributed by atoms with E-state index in [1.165, 1.54) is 7.11 Å². The summed E-state index contributed by atoms with van der Waals surface area (Å²) in [7, 11) is 3.04. The number of esters is 1. The van der Waals surface area contributed by atoms with Crippen LogP contribution in [0.15, 0.2) is 22.7 Å². The molecule has 0 saturated carbocycles. The van der Waals surface area contributed by atoms with Gasteiger partial charge in [-0.05, 0) is 40.0 Å². The zero-order valence-corrected chi connectivity index (χ0v) is 13.3. The van der Waals surface area contributed by atoms with Gasteiger partial charge >= 0.3 is 5.97 Å². The molecular formula is C14H20BrNO3. The topological polar surface area (TPSA) is 47.6 Å². The molecular weight excluding hydrogens is 310 g/mol. The van der Waals surface area contributed by atoms with Crippen LogP contribution in [0.4, 0.5) is 5.69 Å². The van der Waals surface area contributed by atoms with Crippen LogP contribution < -0.4 is 10.1 Å². The molecule has 1 atom stereocenters. The van der Waals surface area contributed by atoms with Crippen LogP contribution in [0.3, 0.4) is 0 Å². The quantitative estimate of drug-likeness (QED) is 0.813. The van der Waals surface area contributed by atoms with E-state index in [-0.39, 0.29) is 17.8 Å². The first-order valence-electron chi connectivity index (χ1n) is 6.14. The Morgan fingerprint density at radius 1 is 1.37 bits per heavy atom. The Labute approximate surface area is 122 Å². The lowest BCUT2D eigenvalue weighted by Gasteiger charge is -2.19. The number of rotatable bonds is 6. The van der Waals surface area contributed by atoms with Gasteiger partial charge in [0.1, 0.15) is 5.75 Å². The molecule has 0 fully saturated rings. The van der Waals surface area contributed by atoms with Crippen molar-refractivity contribution in [2.75, 3.05) is 26.1 Å². The van der Waals surface area contributed by atoms with Crippen molar-refractivity contribution in [3.05, 3.63) is 22.7 Å². The molecule has 19 heavy (non-hydrogen) atoms. The van der Waals surface area contributed by atoms with E-state index in [1.807, 2.05) is 32.0 Å². The normalized spacial score (nSPS) is 12.1. The van der Waals surface area contributed by atoms with Gasteiger partial charge in [-0.3, -0.25) is 4.79 Å². The summed E-state index contributed by atoms with van der Waals surface area (Å²) in [5.41, 5.74) is 0.933. The van der Waals surface area contributed by atoms with Crippen LogP contribution in [-0.2, 0) is 9.53 Å².